The van der Waals surface area contributed by atoms with Gasteiger partial charge in [-0.3, -0.25) is 0 Å². The van der Waals surface area contributed by atoms with E-state index in [4.69, 9.17) is 18.9 Å². The topological polar surface area (TPSA) is 105 Å². The van der Waals surface area contributed by atoms with Crippen LogP contribution in [0.25, 0.3) is 43.8 Å². The van der Waals surface area contributed by atoms with E-state index in [1.54, 1.807) is 79.7 Å². The van der Waals surface area contributed by atoms with Gasteiger partial charge >= 0.3 is 23.9 Å². The molecule has 9 rings (SSSR count). The largest absolute Gasteiger partial charge is 0.423 e. The molecule has 8 aromatic carbocycles. The van der Waals surface area contributed by atoms with Crippen molar-refractivity contribution in [2.45, 2.75) is 71.1 Å². The number of unbranched alkanes of at least 4 members (excludes halogenated alkanes) is 2. The Morgan fingerprint density at radius 3 is 1.44 bits per heavy atom. The number of hydrogen-bond donors (Lipinski definition) is 0. The zero-order valence-electron chi connectivity index (χ0n) is 39.5. The van der Waals surface area contributed by atoms with Gasteiger partial charge in [0, 0.05) is 16.7 Å². The van der Waals surface area contributed by atoms with Gasteiger partial charge in [0.2, 0.25) is 0 Å². The van der Waals surface area contributed by atoms with Crippen LogP contribution in [-0.4, -0.2) is 23.9 Å². The fraction of sp³-hybridized carbons (Fsp3) is 0.194. The summed E-state index contributed by atoms with van der Waals surface area (Å²) in [5.74, 6) is 0.411. The van der Waals surface area contributed by atoms with Crippen molar-refractivity contribution in [2.24, 2.45) is 5.92 Å². The van der Waals surface area contributed by atoms with Crippen LogP contribution in [0.3, 0.4) is 0 Å². The summed E-state index contributed by atoms with van der Waals surface area (Å²) < 4.78 is 23.5. The van der Waals surface area contributed by atoms with Crippen LogP contribution in [0.5, 0.6) is 23.0 Å². The molecule has 1 saturated carbocycles. The highest BCUT2D eigenvalue weighted by Gasteiger charge is 2.25. The molecule has 0 unspecified atom stereocenters. The van der Waals surface area contributed by atoms with Crippen molar-refractivity contribution in [2.75, 3.05) is 0 Å². The van der Waals surface area contributed by atoms with Gasteiger partial charge in [0.05, 0.1) is 16.7 Å². The molecule has 8 aromatic rings. The summed E-state index contributed by atoms with van der Waals surface area (Å²) in [7, 11) is 0. The van der Waals surface area contributed by atoms with Crippen molar-refractivity contribution in [3.63, 3.8) is 0 Å². The van der Waals surface area contributed by atoms with Crippen LogP contribution in [-0.2, 0) is 4.79 Å². The maximum absolute atomic E-state index is 14.0. The van der Waals surface area contributed by atoms with E-state index in [9.17, 15) is 19.2 Å². The number of rotatable bonds is 15. The molecule has 0 bridgehead atoms. The Bertz CT molecular complexity index is 3200. The lowest BCUT2D eigenvalue weighted by atomic mass is 9.77. The van der Waals surface area contributed by atoms with Gasteiger partial charge < -0.3 is 18.9 Å². The van der Waals surface area contributed by atoms with Crippen molar-refractivity contribution in [3.05, 3.63) is 204 Å². The first-order valence-corrected chi connectivity index (χ1v) is 24.1. The van der Waals surface area contributed by atoms with Crippen LogP contribution in [0.1, 0.15) is 108 Å². The molecule has 1 aliphatic carbocycles. The molecule has 8 nitrogen and oxygen atoms in total. The average Bonchev–Trinajstić information content (AvgIpc) is 3.39. The van der Waals surface area contributed by atoms with E-state index in [2.05, 4.69) is 25.6 Å². The summed E-state index contributed by atoms with van der Waals surface area (Å²) in [6.07, 6.45) is 10.1. The molecule has 0 heterocycles. The lowest BCUT2D eigenvalue weighted by molar-refractivity contribution is -0.130. The number of carbonyl (C=O) groups excluding carboxylic acids is 4. The molecule has 0 atom stereocenters. The third kappa shape index (κ3) is 10.8. The highest BCUT2D eigenvalue weighted by atomic mass is 16.5. The molecule has 8 heteroatoms. The normalized spacial score (nSPS) is 14.4. The van der Waals surface area contributed by atoms with E-state index in [1.807, 2.05) is 84.9 Å². The molecule has 0 saturated heterocycles. The second-order valence-corrected chi connectivity index (χ2v) is 18.1. The van der Waals surface area contributed by atoms with Gasteiger partial charge in [-0.05, 0) is 155 Å². The standard InChI is InChI=1S/C62H54O8/c1-4-5-6-11-41-16-18-42(19-17-41)43-22-26-49(27-23-43)61(65)69-55-38-32-46-12-7-9-14-53(46)57(55)58-54-15-10-8-13-47(54)33-39-56(58)70-62(66)50-30-36-52(37-31-50)68-60(64)48-24-20-44(21-25-48)45-28-34-51(35-29-45)67-59(63)40(2)3/h7-10,12-15,20-39,41-42H,2,4-6,11,16-19H2,1,3H3. The molecule has 1 aliphatic rings. The second kappa shape index (κ2) is 21.5. The third-order valence-electron chi connectivity index (χ3n) is 13.3. The minimum absolute atomic E-state index is 0.233. The van der Waals surface area contributed by atoms with Crippen LogP contribution < -0.4 is 18.9 Å². The van der Waals surface area contributed by atoms with E-state index in [0.717, 1.165) is 38.6 Å². The van der Waals surface area contributed by atoms with Crippen molar-refractivity contribution in [3.8, 4) is 45.3 Å². The van der Waals surface area contributed by atoms with Crippen LogP contribution in [0.2, 0.25) is 0 Å². The lowest BCUT2D eigenvalue weighted by Gasteiger charge is -2.29. The van der Waals surface area contributed by atoms with Crippen molar-refractivity contribution < 1.29 is 38.1 Å². The SMILES string of the molecule is C=C(C)C(=O)Oc1ccc(-c2ccc(C(=O)Oc3ccc(C(=O)Oc4ccc5ccccc5c4-c4c(OC(=O)c5ccc(C6CCC(CCCCC)CC6)cc5)ccc5ccccc45)cc3)cc2)cc1. The van der Waals surface area contributed by atoms with Gasteiger partial charge in [-0.2, -0.15) is 0 Å². The maximum atomic E-state index is 14.0. The number of ether oxygens (including phenoxy) is 4. The molecule has 0 aliphatic heterocycles. The van der Waals surface area contributed by atoms with Gasteiger partial charge in [0.25, 0.3) is 0 Å². The molecule has 1 fully saturated rings. The van der Waals surface area contributed by atoms with Gasteiger partial charge in [0.15, 0.2) is 0 Å². The fourth-order valence-corrected chi connectivity index (χ4v) is 9.40. The highest BCUT2D eigenvalue weighted by Crippen LogP contribution is 2.46. The Hall–Kier alpha value is -8.10. The summed E-state index contributed by atoms with van der Waals surface area (Å²) in [6.45, 7) is 7.45. The summed E-state index contributed by atoms with van der Waals surface area (Å²) >= 11 is 0. The molecular formula is C62H54O8. The number of carbonyl (C=O) groups is 4. The number of esters is 4. The molecule has 0 aromatic heterocycles. The zero-order valence-corrected chi connectivity index (χ0v) is 39.5. The predicted molar refractivity (Wildman–Crippen MR) is 276 cm³/mol. The monoisotopic (exact) mass is 926 g/mol. The number of benzene rings is 8. The van der Waals surface area contributed by atoms with E-state index in [-0.39, 0.29) is 17.1 Å². The van der Waals surface area contributed by atoms with E-state index in [1.165, 1.54) is 56.9 Å². The summed E-state index contributed by atoms with van der Waals surface area (Å²) in [5.41, 5.74) is 5.53. The summed E-state index contributed by atoms with van der Waals surface area (Å²) in [4.78, 5) is 53.1. The maximum Gasteiger partial charge on any atom is 0.343 e. The summed E-state index contributed by atoms with van der Waals surface area (Å²) in [5, 5.41) is 3.45. The van der Waals surface area contributed by atoms with Crippen molar-refractivity contribution >= 4 is 45.4 Å². The Morgan fingerprint density at radius 2 is 0.929 bits per heavy atom. The van der Waals surface area contributed by atoms with Crippen molar-refractivity contribution in [1.82, 2.24) is 0 Å². The molecule has 0 amide bonds. The summed E-state index contributed by atoms with van der Waals surface area (Å²) in [6, 6.07) is 51.1. The van der Waals surface area contributed by atoms with Gasteiger partial charge in [-0.15, -0.1) is 0 Å². The third-order valence-corrected chi connectivity index (χ3v) is 13.3. The van der Waals surface area contributed by atoms with Crippen LogP contribution in [0, 0.1) is 5.92 Å². The predicted octanol–water partition coefficient (Wildman–Crippen LogP) is 15.3. The molecule has 0 N–H and O–H groups in total. The lowest BCUT2D eigenvalue weighted by Crippen LogP contribution is -2.14. The highest BCUT2D eigenvalue weighted by molar-refractivity contribution is 6.11. The smallest absolute Gasteiger partial charge is 0.343 e. The van der Waals surface area contributed by atoms with E-state index < -0.39 is 23.9 Å². The minimum atomic E-state index is -0.629. The molecule has 0 radical (unpaired) electrons. The number of hydrogen-bond acceptors (Lipinski definition) is 8. The van der Waals surface area contributed by atoms with Crippen molar-refractivity contribution in [1.29, 1.82) is 0 Å². The Labute approximate surface area is 408 Å². The Balaban J connectivity index is 0.915. The molecular weight excluding hydrogens is 873 g/mol. The first kappa shape index (κ1) is 47.0. The van der Waals surface area contributed by atoms with Crippen LogP contribution in [0.4, 0.5) is 0 Å². The second-order valence-electron chi connectivity index (χ2n) is 18.1. The molecule has 0 spiro atoms. The molecule has 350 valence electrons. The van der Waals surface area contributed by atoms with E-state index in [0.29, 0.717) is 45.2 Å². The Kier molecular flexibility index (Phi) is 14.4. The average molecular weight is 927 g/mol. The zero-order chi connectivity index (χ0) is 48.6. The molecule has 70 heavy (non-hydrogen) atoms. The van der Waals surface area contributed by atoms with Crippen LogP contribution >= 0.6 is 0 Å². The van der Waals surface area contributed by atoms with E-state index >= 15 is 0 Å². The van der Waals surface area contributed by atoms with Gasteiger partial charge in [0.1, 0.15) is 23.0 Å². The Morgan fingerprint density at radius 1 is 0.486 bits per heavy atom. The minimum Gasteiger partial charge on any atom is -0.423 e. The first-order valence-electron chi connectivity index (χ1n) is 24.1. The van der Waals surface area contributed by atoms with Crippen LogP contribution in [0.15, 0.2) is 182 Å². The fourth-order valence-electron chi connectivity index (χ4n) is 9.40. The van der Waals surface area contributed by atoms with Gasteiger partial charge in [-0.1, -0.05) is 136 Å². The number of fused-ring (bicyclic) bond motifs is 2. The first-order chi connectivity index (χ1) is 34.1. The quantitative estimate of drug-likeness (QED) is 0.0433. The van der Waals surface area contributed by atoms with Gasteiger partial charge in [-0.25, -0.2) is 19.2 Å².